The average Bonchev–Trinajstić information content (AvgIpc) is 3.16. The van der Waals surface area contributed by atoms with Crippen LogP contribution >= 0.6 is 0 Å². The summed E-state index contributed by atoms with van der Waals surface area (Å²) in [5, 5.41) is 15.0. The first-order valence-corrected chi connectivity index (χ1v) is 9.04. The second kappa shape index (κ2) is 7.67. The Kier molecular flexibility index (Phi) is 4.87. The maximum Gasteiger partial charge on any atom is 0.290 e. The molecule has 0 spiro atoms. The maximum atomic E-state index is 12.6. The van der Waals surface area contributed by atoms with Crippen LogP contribution in [0, 0.1) is 6.92 Å². The summed E-state index contributed by atoms with van der Waals surface area (Å²) in [7, 11) is 1.44. The van der Waals surface area contributed by atoms with Crippen molar-refractivity contribution in [2.45, 2.75) is 6.92 Å². The number of nitrogens with zero attached hydrogens (tertiary/aromatic N) is 5. The van der Waals surface area contributed by atoms with Gasteiger partial charge in [-0.25, -0.2) is 14.5 Å². The van der Waals surface area contributed by atoms with Crippen molar-refractivity contribution in [3.8, 4) is 5.82 Å². The highest BCUT2D eigenvalue weighted by Gasteiger charge is 2.19. The number of aryl methyl sites for hydroxylation is 1. The number of aromatic amines is 1. The van der Waals surface area contributed by atoms with Crippen molar-refractivity contribution in [3.63, 3.8) is 0 Å². The van der Waals surface area contributed by atoms with E-state index in [-0.39, 0.29) is 22.4 Å². The lowest BCUT2D eigenvalue weighted by molar-refractivity contribution is 0.0843. The number of hydrogen-bond donors (Lipinski definition) is 3. The van der Waals surface area contributed by atoms with Crippen LogP contribution in [-0.2, 0) is 7.05 Å². The van der Waals surface area contributed by atoms with Crippen LogP contribution in [0.15, 0.2) is 52.2 Å². The molecule has 1 aromatic carbocycles. The Hall–Kier alpha value is -4.61. The van der Waals surface area contributed by atoms with Gasteiger partial charge in [-0.05, 0) is 19.1 Å². The lowest BCUT2D eigenvalue weighted by Gasteiger charge is -2.10. The van der Waals surface area contributed by atoms with E-state index < -0.39 is 11.8 Å². The molecule has 0 aliphatic heterocycles. The molecule has 0 saturated heterocycles. The minimum Gasteiger partial charge on any atom is -0.268 e. The first-order valence-electron chi connectivity index (χ1n) is 9.04. The van der Waals surface area contributed by atoms with E-state index in [4.69, 9.17) is 0 Å². The van der Waals surface area contributed by atoms with Crippen LogP contribution in [0.3, 0.4) is 0 Å². The van der Waals surface area contributed by atoms with Gasteiger partial charge in [0.15, 0.2) is 11.5 Å². The van der Waals surface area contributed by atoms with Crippen molar-refractivity contribution < 1.29 is 9.59 Å². The Bertz CT molecular complexity index is 1430. The Labute approximate surface area is 173 Å². The number of H-pyrrole nitrogens is 1. The number of rotatable bonds is 3. The molecule has 0 aliphatic carbocycles. The van der Waals surface area contributed by atoms with E-state index in [0.717, 1.165) is 4.68 Å². The maximum absolute atomic E-state index is 12.6. The molecule has 156 valence electrons. The second-order valence-corrected chi connectivity index (χ2v) is 6.57. The molecule has 3 aromatic heterocycles. The smallest absolute Gasteiger partial charge is 0.268 e. The van der Waals surface area contributed by atoms with Crippen molar-refractivity contribution in [2.24, 2.45) is 7.05 Å². The van der Waals surface area contributed by atoms with Crippen LogP contribution in [0.1, 0.15) is 26.5 Å². The first kappa shape index (κ1) is 19.7. The van der Waals surface area contributed by atoms with Gasteiger partial charge in [0.2, 0.25) is 0 Å². The highest BCUT2D eigenvalue weighted by atomic mass is 16.2. The predicted octanol–water partition coefficient (Wildman–Crippen LogP) is -0.414. The standard InChI is InChI=1S/C19H16N8O4/c1-10-13(9-20-27(10)14-7-8-15(28)22-21-14)17(29)23-24-18(30)16-11-5-3-4-6-12(11)19(31)26(2)25-16/h3-9H,1-2H3,(H,22,28)(H,23,29)(H,24,30). The first-order chi connectivity index (χ1) is 14.9. The van der Waals surface area contributed by atoms with Crippen molar-refractivity contribution in [3.05, 3.63) is 80.3 Å². The molecule has 12 nitrogen and oxygen atoms in total. The van der Waals surface area contributed by atoms with Crippen molar-refractivity contribution >= 4 is 22.6 Å². The molecule has 0 aliphatic rings. The molecular weight excluding hydrogens is 404 g/mol. The van der Waals surface area contributed by atoms with Gasteiger partial charge in [0.1, 0.15) is 0 Å². The highest BCUT2D eigenvalue weighted by Crippen LogP contribution is 2.13. The number of hydrogen-bond acceptors (Lipinski definition) is 7. The zero-order valence-corrected chi connectivity index (χ0v) is 16.4. The fraction of sp³-hybridized carbons (Fsp3) is 0.105. The third kappa shape index (κ3) is 3.57. The number of nitrogens with one attached hydrogen (secondary N) is 3. The summed E-state index contributed by atoms with van der Waals surface area (Å²) in [5.41, 5.74) is 4.53. The monoisotopic (exact) mass is 420 g/mol. The average molecular weight is 420 g/mol. The summed E-state index contributed by atoms with van der Waals surface area (Å²) >= 11 is 0. The number of hydrazine groups is 1. The number of carbonyl (C=O) groups is 2. The zero-order chi connectivity index (χ0) is 22.1. The second-order valence-electron chi connectivity index (χ2n) is 6.57. The van der Waals surface area contributed by atoms with Gasteiger partial charge in [-0.2, -0.15) is 15.3 Å². The Balaban J connectivity index is 1.55. The van der Waals surface area contributed by atoms with E-state index in [0.29, 0.717) is 22.3 Å². The van der Waals surface area contributed by atoms with E-state index >= 15 is 0 Å². The Morgan fingerprint density at radius 2 is 1.71 bits per heavy atom. The van der Waals surface area contributed by atoms with Gasteiger partial charge in [0, 0.05) is 18.5 Å². The van der Waals surface area contributed by atoms with Crippen LogP contribution in [0.25, 0.3) is 16.6 Å². The lowest BCUT2D eigenvalue weighted by Crippen LogP contribution is -2.42. The topological polar surface area (TPSA) is 157 Å². The quantitative estimate of drug-likeness (QED) is 0.380. The summed E-state index contributed by atoms with van der Waals surface area (Å²) in [6.07, 6.45) is 1.31. The van der Waals surface area contributed by atoms with Crippen molar-refractivity contribution in [1.82, 2.24) is 40.6 Å². The number of fused-ring (bicyclic) bond motifs is 1. The van der Waals surface area contributed by atoms with Crippen LogP contribution in [0.2, 0.25) is 0 Å². The normalized spacial score (nSPS) is 10.8. The predicted molar refractivity (Wildman–Crippen MR) is 109 cm³/mol. The zero-order valence-electron chi connectivity index (χ0n) is 16.4. The van der Waals surface area contributed by atoms with Crippen molar-refractivity contribution in [2.75, 3.05) is 0 Å². The fourth-order valence-electron chi connectivity index (χ4n) is 3.03. The minimum absolute atomic E-state index is 0.0112. The van der Waals surface area contributed by atoms with Gasteiger partial charge in [-0.3, -0.25) is 30.0 Å². The number of carbonyl (C=O) groups excluding carboxylic acids is 2. The molecule has 3 heterocycles. The molecule has 0 radical (unpaired) electrons. The van der Waals surface area contributed by atoms with E-state index in [9.17, 15) is 19.2 Å². The largest absolute Gasteiger partial charge is 0.290 e. The van der Waals surface area contributed by atoms with Crippen LogP contribution in [0.5, 0.6) is 0 Å². The van der Waals surface area contributed by atoms with Crippen LogP contribution in [-0.4, -0.2) is 41.6 Å². The van der Waals surface area contributed by atoms with Gasteiger partial charge in [0.25, 0.3) is 22.9 Å². The summed E-state index contributed by atoms with van der Waals surface area (Å²) < 4.78 is 2.43. The van der Waals surface area contributed by atoms with Crippen LogP contribution < -0.4 is 22.0 Å². The van der Waals surface area contributed by atoms with E-state index in [2.05, 4.69) is 31.2 Å². The molecule has 31 heavy (non-hydrogen) atoms. The fourth-order valence-corrected chi connectivity index (χ4v) is 3.03. The molecular formula is C19H16N8O4. The molecule has 12 heteroatoms. The van der Waals surface area contributed by atoms with Crippen LogP contribution in [0.4, 0.5) is 0 Å². The highest BCUT2D eigenvalue weighted by molar-refractivity contribution is 6.06. The van der Waals surface area contributed by atoms with Gasteiger partial charge in [-0.1, -0.05) is 18.2 Å². The molecule has 4 rings (SSSR count). The molecule has 2 amide bonds. The third-order valence-electron chi connectivity index (χ3n) is 4.60. The molecule has 0 saturated carbocycles. The Morgan fingerprint density at radius 1 is 1.00 bits per heavy atom. The number of aromatic nitrogens is 6. The Morgan fingerprint density at radius 3 is 2.42 bits per heavy atom. The third-order valence-corrected chi connectivity index (χ3v) is 4.60. The summed E-state index contributed by atoms with van der Waals surface area (Å²) in [4.78, 5) is 48.5. The molecule has 4 aromatic rings. The number of benzene rings is 1. The summed E-state index contributed by atoms with van der Waals surface area (Å²) in [5.74, 6) is -0.982. The van der Waals surface area contributed by atoms with Gasteiger partial charge in [-0.15, -0.1) is 0 Å². The lowest BCUT2D eigenvalue weighted by atomic mass is 10.1. The van der Waals surface area contributed by atoms with Gasteiger partial charge in [0.05, 0.1) is 22.8 Å². The SMILES string of the molecule is Cc1c(C(=O)NNC(=O)c2nn(C)c(=O)c3ccccc23)cnn1-c1ccc(=O)[nH]n1. The molecule has 0 atom stereocenters. The molecule has 3 N–H and O–H groups in total. The van der Waals surface area contributed by atoms with E-state index in [1.807, 2.05) is 0 Å². The van der Waals surface area contributed by atoms with Crippen molar-refractivity contribution in [1.29, 1.82) is 0 Å². The summed E-state index contributed by atoms with van der Waals surface area (Å²) in [6.45, 7) is 1.64. The van der Waals surface area contributed by atoms with E-state index in [1.54, 1.807) is 31.2 Å². The summed E-state index contributed by atoms with van der Waals surface area (Å²) in [6, 6.07) is 9.31. The minimum atomic E-state index is -0.688. The molecule has 0 bridgehead atoms. The van der Waals surface area contributed by atoms with Gasteiger partial charge < -0.3 is 0 Å². The van der Waals surface area contributed by atoms with Gasteiger partial charge >= 0.3 is 0 Å². The number of amides is 2. The molecule has 0 unspecified atom stereocenters. The van der Waals surface area contributed by atoms with E-state index in [1.165, 1.54) is 30.1 Å². The molecule has 0 fully saturated rings.